The van der Waals surface area contributed by atoms with Gasteiger partial charge in [-0.2, -0.15) is 0 Å². The van der Waals surface area contributed by atoms with Crippen LogP contribution < -0.4 is 16.8 Å². The van der Waals surface area contributed by atoms with E-state index >= 15 is 0 Å². The summed E-state index contributed by atoms with van der Waals surface area (Å²) in [6.45, 7) is 3.94. The van der Waals surface area contributed by atoms with Gasteiger partial charge in [-0.15, -0.1) is 0 Å². The summed E-state index contributed by atoms with van der Waals surface area (Å²) < 4.78 is 0. The van der Waals surface area contributed by atoms with Crippen molar-refractivity contribution >= 4 is 11.9 Å². The summed E-state index contributed by atoms with van der Waals surface area (Å²) in [5, 5.41) is 2.06. The molecule has 0 spiro atoms. The van der Waals surface area contributed by atoms with E-state index in [0.717, 1.165) is 0 Å². The van der Waals surface area contributed by atoms with Gasteiger partial charge in [0.2, 0.25) is 5.91 Å². The van der Waals surface area contributed by atoms with Crippen LogP contribution in [0.2, 0.25) is 0 Å². The van der Waals surface area contributed by atoms with Gasteiger partial charge < -0.3 is 11.5 Å². The fourth-order valence-corrected chi connectivity index (χ4v) is 1.20. The van der Waals surface area contributed by atoms with Crippen LogP contribution in [0.15, 0.2) is 0 Å². The number of carbonyl (C=O) groups excluding carboxylic acids is 2. The monoisotopic (exact) mass is 187 g/mol. The van der Waals surface area contributed by atoms with Crippen LogP contribution in [0.3, 0.4) is 0 Å². The summed E-state index contributed by atoms with van der Waals surface area (Å²) >= 11 is 0. The number of rotatable bonds is 4. The molecular formula is C8H17N3O2. The molecule has 0 rings (SSSR count). The molecule has 3 amide bonds. The molecule has 13 heavy (non-hydrogen) atoms. The summed E-state index contributed by atoms with van der Waals surface area (Å²) in [6, 6.07) is -0.829. The zero-order valence-corrected chi connectivity index (χ0v) is 8.09. The zero-order chi connectivity index (χ0) is 10.5. The maximum absolute atomic E-state index is 11.5. The van der Waals surface area contributed by atoms with Crippen molar-refractivity contribution in [3.8, 4) is 0 Å². The van der Waals surface area contributed by atoms with E-state index in [4.69, 9.17) is 11.5 Å². The first-order chi connectivity index (χ1) is 6.02. The van der Waals surface area contributed by atoms with E-state index in [1.54, 1.807) is 0 Å². The van der Waals surface area contributed by atoms with Crippen molar-refractivity contribution in [2.24, 2.45) is 16.9 Å². The van der Waals surface area contributed by atoms with Crippen molar-refractivity contribution in [3.05, 3.63) is 0 Å². The third kappa shape index (κ3) is 2.69. The Kier molecular flexibility index (Phi) is 4.40. The highest BCUT2D eigenvalue weighted by molar-refractivity contribution is 5.96. The molecule has 76 valence electrons. The van der Waals surface area contributed by atoms with Gasteiger partial charge in [-0.3, -0.25) is 10.1 Å². The number of hydrogen-bond acceptors (Lipinski definition) is 3. The molecule has 0 unspecified atom stereocenters. The Hall–Kier alpha value is -1.10. The van der Waals surface area contributed by atoms with Crippen molar-refractivity contribution in [2.75, 3.05) is 6.54 Å². The maximum atomic E-state index is 11.5. The first-order valence-electron chi connectivity index (χ1n) is 4.33. The summed E-state index contributed by atoms with van der Waals surface area (Å²) in [6.07, 6.45) is 1.19. The summed E-state index contributed by atoms with van der Waals surface area (Å²) in [4.78, 5) is 21.9. The molecule has 0 aromatic rings. The third-order valence-electron chi connectivity index (χ3n) is 2.46. The Bertz CT molecular complexity index is 191. The molecule has 0 bridgehead atoms. The summed E-state index contributed by atoms with van der Waals surface area (Å²) in [5.74, 6) is -0.382. The number of nitrogens with one attached hydrogen (secondary N) is 1. The molecule has 5 nitrogen and oxygen atoms in total. The fourth-order valence-electron chi connectivity index (χ4n) is 1.20. The standard InChI is InChI=1S/C8H17N3O2/c1-3-8(4-2,5-9)6(12)11-7(10)13/h3-5,9H2,1-2H3,(H3,10,11,12,13). The number of hydrogen-bond donors (Lipinski definition) is 3. The topological polar surface area (TPSA) is 98.2 Å². The molecule has 0 saturated heterocycles. The Balaban J connectivity index is 4.53. The van der Waals surface area contributed by atoms with Gasteiger partial charge in [-0.25, -0.2) is 4.79 Å². The zero-order valence-electron chi connectivity index (χ0n) is 8.09. The van der Waals surface area contributed by atoms with Gasteiger partial charge in [0.05, 0.1) is 5.41 Å². The Morgan fingerprint density at radius 2 is 1.77 bits per heavy atom. The van der Waals surface area contributed by atoms with Gasteiger partial charge in [0.25, 0.3) is 0 Å². The van der Waals surface area contributed by atoms with E-state index in [9.17, 15) is 9.59 Å². The van der Waals surface area contributed by atoms with Gasteiger partial charge in [0.15, 0.2) is 0 Å². The molecule has 0 heterocycles. The van der Waals surface area contributed by atoms with Crippen LogP contribution in [-0.2, 0) is 4.79 Å². The van der Waals surface area contributed by atoms with Crippen LogP contribution in [0.25, 0.3) is 0 Å². The van der Waals surface area contributed by atoms with Gasteiger partial charge in [0.1, 0.15) is 0 Å². The first kappa shape index (κ1) is 11.9. The van der Waals surface area contributed by atoms with Crippen molar-refractivity contribution in [1.82, 2.24) is 5.32 Å². The van der Waals surface area contributed by atoms with Crippen LogP contribution in [0.4, 0.5) is 4.79 Å². The number of urea groups is 1. The molecule has 0 aliphatic carbocycles. The van der Waals surface area contributed by atoms with E-state index in [0.29, 0.717) is 12.8 Å². The second kappa shape index (κ2) is 4.81. The smallest absolute Gasteiger partial charge is 0.318 e. The van der Waals surface area contributed by atoms with Gasteiger partial charge in [0, 0.05) is 6.54 Å². The van der Waals surface area contributed by atoms with Crippen molar-refractivity contribution < 1.29 is 9.59 Å². The number of nitrogens with two attached hydrogens (primary N) is 2. The highest BCUT2D eigenvalue weighted by Gasteiger charge is 2.33. The minimum Gasteiger partial charge on any atom is -0.351 e. The quantitative estimate of drug-likeness (QED) is 0.575. The van der Waals surface area contributed by atoms with Crippen molar-refractivity contribution in [3.63, 3.8) is 0 Å². The lowest BCUT2D eigenvalue weighted by Gasteiger charge is -2.27. The highest BCUT2D eigenvalue weighted by Crippen LogP contribution is 2.24. The minimum atomic E-state index is -0.829. The van der Waals surface area contributed by atoms with E-state index in [1.165, 1.54) is 0 Å². The van der Waals surface area contributed by atoms with E-state index in [-0.39, 0.29) is 12.5 Å². The van der Waals surface area contributed by atoms with Gasteiger partial charge in [-0.05, 0) is 12.8 Å². The second-order valence-electron chi connectivity index (χ2n) is 3.01. The SMILES string of the molecule is CCC(CC)(CN)C(=O)NC(N)=O. The maximum Gasteiger partial charge on any atom is 0.318 e. The van der Waals surface area contributed by atoms with Crippen LogP contribution in [0, 0.1) is 5.41 Å². The molecular weight excluding hydrogens is 170 g/mol. The third-order valence-corrected chi connectivity index (χ3v) is 2.46. The molecule has 0 atom stereocenters. The Morgan fingerprint density at radius 3 is 2.00 bits per heavy atom. The lowest BCUT2D eigenvalue weighted by molar-refractivity contribution is -0.129. The van der Waals surface area contributed by atoms with Crippen molar-refractivity contribution in [2.45, 2.75) is 26.7 Å². The fraction of sp³-hybridized carbons (Fsp3) is 0.750. The van der Waals surface area contributed by atoms with E-state index in [2.05, 4.69) is 5.32 Å². The molecule has 0 aromatic carbocycles. The van der Waals surface area contributed by atoms with Crippen LogP contribution in [0.5, 0.6) is 0 Å². The lowest BCUT2D eigenvalue weighted by atomic mass is 9.81. The molecule has 5 heteroatoms. The highest BCUT2D eigenvalue weighted by atomic mass is 16.2. The second-order valence-corrected chi connectivity index (χ2v) is 3.01. The largest absolute Gasteiger partial charge is 0.351 e. The van der Waals surface area contributed by atoms with E-state index < -0.39 is 11.4 Å². The lowest BCUT2D eigenvalue weighted by Crippen LogP contribution is -2.48. The summed E-state index contributed by atoms with van der Waals surface area (Å²) in [7, 11) is 0. The molecule has 0 fully saturated rings. The normalized spacial score (nSPS) is 11.0. The number of amides is 3. The Morgan fingerprint density at radius 1 is 1.31 bits per heavy atom. The predicted octanol–water partition coefficient (Wildman–Crippen LogP) is -0.0536. The molecule has 5 N–H and O–H groups in total. The summed E-state index contributed by atoms with van der Waals surface area (Å²) in [5.41, 5.74) is 9.68. The van der Waals surface area contributed by atoms with Crippen LogP contribution in [0.1, 0.15) is 26.7 Å². The first-order valence-corrected chi connectivity index (χ1v) is 4.33. The molecule has 0 aliphatic heterocycles. The average Bonchev–Trinajstić information content (AvgIpc) is 2.07. The average molecular weight is 187 g/mol. The van der Waals surface area contributed by atoms with Gasteiger partial charge in [-0.1, -0.05) is 13.8 Å². The molecule has 0 aromatic heterocycles. The molecule has 0 aliphatic rings. The molecule has 0 saturated carbocycles. The Labute approximate surface area is 77.8 Å². The predicted molar refractivity (Wildman–Crippen MR) is 49.8 cm³/mol. The van der Waals surface area contributed by atoms with Gasteiger partial charge >= 0.3 is 6.03 Å². The number of imide groups is 1. The van der Waals surface area contributed by atoms with Crippen molar-refractivity contribution in [1.29, 1.82) is 0 Å². The van der Waals surface area contributed by atoms with Crippen LogP contribution in [-0.4, -0.2) is 18.5 Å². The van der Waals surface area contributed by atoms with Crippen LogP contribution >= 0.6 is 0 Å². The molecule has 0 radical (unpaired) electrons. The number of carbonyl (C=O) groups is 2. The van der Waals surface area contributed by atoms with E-state index in [1.807, 2.05) is 13.8 Å². The number of primary amides is 1. The minimum absolute atomic E-state index is 0.221.